The molecule has 3 fully saturated rings. The van der Waals surface area contributed by atoms with E-state index in [9.17, 15) is 4.79 Å². The summed E-state index contributed by atoms with van der Waals surface area (Å²) in [4.78, 5) is 18.4. The fourth-order valence-electron chi connectivity index (χ4n) is 4.13. The molecule has 0 N–H and O–H groups in total. The highest BCUT2D eigenvalue weighted by Gasteiger charge is 2.38. The van der Waals surface area contributed by atoms with Crippen molar-refractivity contribution in [3.8, 4) is 0 Å². The van der Waals surface area contributed by atoms with Crippen LogP contribution in [0.2, 0.25) is 0 Å². The van der Waals surface area contributed by atoms with Crippen LogP contribution in [0.1, 0.15) is 12.0 Å². The van der Waals surface area contributed by atoms with Crippen LogP contribution in [0.4, 0.5) is 10.5 Å². The van der Waals surface area contributed by atoms with E-state index in [4.69, 9.17) is 9.47 Å². The van der Waals surface area contributed by atoms with Crippen LogP contribution in [-0.4, -0.2) is 75.0 Å². The predicted octanol–water partition coefficient (Wildman–Crippen LogP) is 1.80. The zero-order chi connectivity index (χ0) is 17.2. The first-order chi connectivity index (χ1) is 12.2. The van der Waals surface area contributed by atoms with E-state index >= 15 is 0 Å². The molecule has 25 heavy (non-hydrogen) atoms. The third-order valence-corrected chi connectivity index (χ3v) is 5.73. The number of carbonyl (C=O) groups is 1. The Morgan fingerprint density at radius 2 is 1.88 bits per heavy atom. The molecule has 0 unspecified atom stereocenters. The average Bonchev–Trinajstić information content (AvgIpc) is 2.66. The average molecular weight is 345 g/mol. The lowest BCUT2D eigenvalue weighted by Crippen LogP contribution is -2.57. The Bertz CT molecular complexity index is 600. The number of carbonyl (C=O) groups excluding carboxylic acids is 1. The molecular weight excluding hydrogens is 318 g/mol. The molecule has 6 nitrogen and oxygen atoms in total. The summed E-state index contributed by atoms with van der Waals surface area (Å²) in [6.07, 6.45) is 0.909. The lowest BCUT2D eigenvalue weighted by molar-refractivity contribution is -0.0197. The number of hydrogen-bond donors (Lipinski definition) is 0. The van der Waals surface area contributed by atoms with Crippen molar-refractivity contribution in [2.24, 2.45) is 5.92 Å². The van der Waals surface area contributed by atoms with Gasteiger partial charge in [-0.2, -0.15) is 0 Å². The highest BCUT2D eigenvalue weighted by molar-refractivity contribution is 5.68. The van der Waals surface area contributed by atoms with Gasteiger partial charge in [0, 0.05) is 44.8 Å². The van der Waals surface area contributed by atoms with Crippen LogP contribution in [0.3, 0.4) is 0 Å². The SMILES string of the molecule is CN1C(=O)OC[C@@H]2CCN(Cc3ccc(N4CCOCC4)cc3)C[C@H]21. The van der Waals surface area contributed by atoms with Gasteiger partial charge in [0.25, 0.3) is 0 Å². The Balaban J connectivity index is 1.36. The minimum absolute atomic E-state index is 0.182. The van der Waals surface area contributed by atoms with Crippen molar-refractivity contribution in [2.45, 2.75) is 19.0 Å². The number of nitrogens with zero attached hydrogens (tertiary/aromatic N) is 3. The zero-order valence-electron chi connectivity index (χ0n) is 14.9. The number of likely N-dealkylation sites (tertiary alicyclic amines) is 1. The maximum Gasteiger partial charge on any atom is 0.409 e. The molecule has 3 saturated heterocycles. The molecule has 3 aliphatic heterocycles. The largest absolute Gasteiger partial charge is 0.449 e. The van der Waals surface area contributed by atoms with Crippen LogP contribution in [-0.2, 0) is 16.0 Å². The van der Waals surface area contributed by atoms with Gasteiger partial charge in [-0.1, -0.05) is 12.1 Å². The van der Waals surface area contributed by atoms with Crippen molar-refractivity contribution in [2.75, 3.05) is 57.9 Å². The monoisotopic (exact) mass is 345 g/mol. The minimum atomic E-state index is -0.182. The molecule has 3 aliphatic rings. The minimum Gasteiger partial charge on any atom is -0.449 e. The molecule has 0 spiro atoms. The number of fused-ring (bicyclic) bond motifs is 1. The van der Waals surface area contributed by atoms with Gasteiger partial charge < -0.3 is 19.3 Å². The number of piperidine rings is 1. The molecule has 0 bridgehead atoms. The van der Waals surface area contributed by atoms with E-state index in [2.05, 4.69) is 34.1 Å². The molecule has 3 heterocycles. The Morgan fingerprint density at radius 3 is 2.64 bits per heavy atom. The number of ether oxygens (including phenoxy) is 2. The summed E-state index contributed by atoms with van der Waals surface area (Å²) < 4.78 is 10.7. The Hall–Kier alpha value is -1.79. The second kappa shape index (κ2) is 7.22. The van der Waals surface area contributed by atoms with E-state index in [1.54, 1.807) is 4.90 Å². The number of likely N-dealkylation sites (N-methyl/N-ethyl adjacent to an activating group) is 1. The molecule has 1 aromatic carbocycles. The van der Waals surface area contributed by atoms with E-state index in [1.807, 2.05) is 7.05 Å². The van der Waals surface area contributed by atoms with Crippen LogP contribution in [0.5, 0.6) is 0 Å². The van der Waals surface area contributed by atoms with E-state index in [0.29, 0.717) is 12.5 Å². The highest BCUT2D eigenvalue weighted by Crippen LogP contribution is 2.27. The molecule has 0 saturated carbocycles. The van der Waals surface area contributed by atoms with E-state index in [-0.39, 0.29) is 12.1 Å². The first kappa shape index (κ1) is 16.7. The lowest BCUT2D eigenvalue weighted by atomic mass is 9.90. The second-order valence-corrected chi connectivity index (χ2v) is 7.30. The maximum absolute atomic E-state index is 11.8. The lowest BCUT2D eigenvalue weighted by Gasteiger charge is -2.45. The summed E-state index contributed by atoms with van der Waals surface area (Å²) in [5.74, 6) is 0.475. The third-order valence-electron chi connectivity index (χ3n) is 5.73. The predicted molar refractivity (Wildman–Crippen MR) is 95.8 cm³/mol. The van der Waals surface area contributed by atoms with Gasteiger partial charge in [-0.25, -0.2) is 4.79 Å². The maximum atomic E-state index is 11.8. The number of cyclic esters (lactones) is 1. The molecule has 4 rings (SSSR count). The van der Waals surface area contributed by atoms with Crippen LogP contribution < -0.4 is 4.90 Å². The number of benzene rings is 1. The van der Waals surface area contributed by atoms with E-state index in [1.165, 1.54) is 11.3 Å². The Labute approximate surface area is 149 Å². The van der Waals surface area contributed by atoms with Gasteiger partial charge in [-0.15, -0.1) is 0 Å². The summed E-state index contributed by atoms with van der Waals surface area (Å²) >= 11 is 0. The molecule has 0 aromatic heterocycles. The molecule has 0 aliphatic carbocycles. The van der Waals surface area contributed by atoms with E-state index < -0.39 is 0 Å². The molecule has 1 aromatic rings. The number of anilines is 1. The second-order valence-electron chi connectivity index (χ2n) is 7.30. The van der Waals surface area contributed by atoms with Crippen molar-refractivity contribution in [3.63, 3.8) is 0 Å². The van der Waals surface area contributed by atoms with Crippen molar-refractivity contribution >= 4 is 11.8 Å². The van der Waals surface area contributed by atoms with Crippen molar-refractivity contribution < 1.29 is 14.3 Å². The summed E-state index contributed by atoms with van der Waals surface area (Å²) in [6.45, 7) is 7.08. The molecule has 0 radical (unpaired) electrons. The van der Waals surface area contributed by atoms with E-state index in [0.717, 1.165) is 52.4 Å². The normalized spacial score (nSPS) is 27.8. The van der Waals surface area contributed by atoms with Gasteiger partial charge in [0.2, 0.25) is 0 Å². The summed E-state index contributed by atoms with van der Waals surface area (Å²) in [6, 6.07) is 9.18. The molecule has 2 atom stereocenters. The zero-order valence-corrected chi connectivity index (χ0v) is 14.9. The van der Waals surface area contributed by atoms with Crippen LogP contribution in [0, 0.1) is 5.92 Å². The van der Waals surface area contributed by atoms with Crippen LogP contribution in [0.25, 0.3) is 0 Å². The van der Waals surface area contributed by atoms with Gasteiger partial charge in [-0.05, 0) is 30.7 Å². The summed E-state index contributed by atoms with van der Waals surface area (Å²) in [5, 5.41) is 0. The van der Waals surface area contributed by atoms with Crippen molar-refractivity contribution in [1.82, 2.24) is 9.80 Å². The van der Waals surface area contributed by atoms with Gasteiger partial charge in [-0.3, -0.25) is 4.90 Å². The van der Waals surface area contributed by atoms with Crippen molar-refractivity contribution in [1.29, 1.82) is 0 Å². The van der Waals surface area contributed by atoms with Crippen LogP contribution >= 0.6 is 0 Å². The molecule has 6 heteroatoms. The number of morpholine rings is 1. The van der Waals surface area contributed by atoms with Gasteiger partial charge >= 0.3 is 6.09 Å². The number of rotatable bonds is 3. The molecular formula is C19H27N3O3. The first-order valence-electron chi connectivity index (χ1n) is 9.24. The standard InChI is InChI=1S/C19H27N3O3/c1-20-18-13-21(7-6-16(18)14-25-19(20)23)12-15-2-4-17(5-3-15)22-8-10-24-11-9-22/h2-5,16,18H,6-14H2,1H3/t16-,18+/m0/s1. The molecule has 136 valence electrons. The number of amides is 1. The first-order valence-corrected chi connectivity index (χ1v) is 9.24. The third kappa shape index (κ3) is 3.60. The Morgan fingerprint density at radius 1 is 1.12 bits per heavy atom. The smallest absolute Gasteiger partial charge is 0.409 e. The highest BCUT2D eigenvalue weighted by atomic mass is 16.6. The van der Waals surface area contributed by atoms with Crippen LogP contribution in [0.15, 0.2) is 24.3 Å². The fraction of sp³-hybridized carbons (Fsp3) is 0.632. The van der Waals surface area contributed by atoms with Gasteiger partial charge in [0.05, 0.1) is 25.9 Å². The quantitative estimate of drug-likeness (QED) is 0.836. The number of hydrogen-bond acceptors (Lipinski definition) is 5. The fourth-order valence-corrected chi connectivity index (χ4v) is 4.13. The summed E-state index contributed by atoms with van der Waals surface area (Å²) in [7, 11) is 1.86. The van der Waals surface area contributed by atoms with Gasteiger partial charge in [0.15, 0.2) is 0 Å². The topological polar surface area (TPSA) is 45.2 Å². The molecule has 1 amide bonds. The summed E-state index contributed by atoms with van der Waals surface area (Å²) in [5.41, 5.74) is 2.61. The Kier molecular flexibility index (Phi) is 4.81. The van der Waals surface area contributed by atoms with Gasteiger partial charge in [0.1, 0.15) is 0 Å². The van der Waals surface area contributed by atoms with Crippen molar-refractivity contribution in [3.05, 3.63) is 29.8 Å².